The molecule has 2 amide bonds. The van der Waals surface area contributed by atoms with Crippen molar-refractivity contribution in [1.29, 1.82) is 5.26 Å². The number of nitrogens with zero attached hydrogens (tertiary/aromatic N) is 2. The molecule has 0 saturated carbocycles. The highest BCUT2D eigenvalue weighted by molar-refractivity contribution is 8.14. The number of benzene rings is 2. The van der Waals surface area contributed by atoms with E-state index in [1.807, 2.05) is 78.3 Å². The molecule has 1 aliphatic heterocycles. The van der Waals surface area contributed by atoms with Gasteiger partial charge in [0.25, 0.3) is 5.91 Å². The fraction of sp³-hybridized carbons (Fsp3) is 0.185. The minimum atomic E-state index is -0.680. The number of hydrogen-bond acceptors (Lipinski definition) is 6. The minimum absolute atomic E-state index is 0.112. The lowest BCUT2D eigenvalue weighted by atomic mass is 9.79. The third-order valence-electron chi connectivity index (χ3n) is 5.67. The Morgan fingerprint density at radius 3 is 2.49 bits per heavy atom. The standard InChI is InChI=1S/C27H24N4O2S2/c1-17-8-6-7-11-22(17)31-23(32)16-35-27-21(14-28)25(19-12-13-34-15-19)24(18(2)29-27)26(33)30-20-9-4-3-5-10-20/h3-13,15,21,25H,16H2,1-2H3,(H,30,33)(H,31,32). The number of para-hydroxylation sites is 2. The van der Waals surface area contributed by atoms with Gasteiger partial charge in [0.2, 0.25) is 5.91 Å². The second-order valence-corrected chi connectivity index (χ2v) is 9.84. The first-order valence-electron chi connectivity index (χ1n) is 11.0. The lowest BCUT2D eigenvalue weighted by Crippen LogP contribution is -2.31. The summed E-state index contributed by atoms with van der Waals surface area (Å²) in [7, 11) is 0. The number of anilines is 2. The van der Waals surface area contributed by atoms with Gasteiger partial charge in [0.15, 0.2) is 0 Å². The number of nitriles is 1. The average molecular weight is 501 g/mol. The molecule has 4 rings (SSSR count). The van der Waals surface area contributed by atoms with Gasteiger partial charge in [-0.2, -0.15) is 16.6 Å². The van der Waals surface area contributed by atoms with Gasteiger partial charge in [-0.05, 0) is 60.0 Å². The number of allylic oxidation sites excluding steroid dienone is 1. The molecule has 35 heavy (non-hydrogen) atoms. The maximum atomic E-state index is 13.3. The highest BCUT2D eigenvalue weighted by Gasteiger charge is 2.39. The molecule has 2 aromatic carbocycles. The van der Waals surface area contributed by atoms with Crippen LogP contribution < -0.4 is 10.6 Å². The summed E-state index contributed by atoms with van der Waals surface area (Å²) in [5.74, 6) is -1.50. The van der Waals surface area contributed by atoms with E-state index >= 15 is 0 Å². The smallest absolute Gasteiger partial charge is 0.254 e. The number of hydrogen-bond donors (Lipinski definition) is 2. The first-order chi connectivity index (χ1) is 17.0. The third kappa shape index (κ3) is 5.70. The second kappa shape index (κ2) is 11.2. The Kier molecular flexibility index (Phi) is 7.80. The van der Waals surface area contributed by atoms with Crippen LogP contribution in [0.25, 0.3) is 0 Å². The molecular formula is C27H24N4O2S2. The zero-order valence-corrected chi connectivity index (χ0v) is 21.0. The number of aliphatic imine (C=N–C) groups is 1. The van der Waals surface area contributed by atoms with Crippen LogP contribution in [0.15, 0.2) is 87.7 Å². The molecule has 0 saturated heterocycles. The monoisotopic (exact) mass is 500 g/mol. The number of amides is 2. The van der Waals surface area contributed by atoms with Crippen LogP contribution in [-0.2, 0) is 9.59 Å². The first kappa shape index (κ1) is 24.5. The Labute approximate surface area is 212 Å². The number of carbonyl (C=O) groups excluding carboxylic acids is 2. The lowest BCUT2D eigenvalue weighted by molar-refractivity contribution is -0.114. The average Bonchev–Trinajstić information content (AvgIpc) is 3.39. The van der Waals surface area contributed by atoms with E-state index in [0.717, 1.165) is 16.8 Å². The van der Waals surface area contributed by atoms with Crippen LogP contribution in [0.1, 0.15) is 24.0 Å². The van der Waals surface area contributed by atoms with Crippen LogP contribution in [0.5, 0.6) is 0 Å². The van der Waals surface area contributed by atoms with Crippen LogP contribution >= 0.6 is 23.1 Å². The van der Waals surface area contributed by atoms with Crippen molar-refractivity contribution in [2.45, 2.75) is 19.8 Å². The van der Waals surface area contributed by atoms with Gasteiger partial charge in [-0.3, -0.25) is 9.59 Å². The van der Waals surface area contributed by atoms with E-state index in [4.69, 9.17) is 0 Å². The third-order valence-corrected chi connectivity index (χ3v) is 7.42. The first-order valence-corrected chi connectivity index (χ1v) is 13.0. The summed E-state index contributed by atoms with van der Waals surface area (Å²) in [6.07, 6.45) is 0. The van der Waals surface area contributed by atoms with Gasteiger partial charge in [0, 0.05) is 28.6 Å². The van der Waals surface area contributed by atoms with Gasteiger partial charge in [0.05, 0.1) is 16.9 Å². The minimum Gasteiger partial charge on any atom is -0.325 e. The van der Waals surface area contributed by atoms with E-state index in [0.29, 0.717) is 22.0 Å². The molecule has 1 aliphatic rings. The molecule has 2 N–H and O–H groups in total. The number of thioether (sulfide) groups is 1. The summed E-state index contributed by atoms with van der Waals surface area (Å²) in [5.41, 5.74) is 4.30. The van der Waals surface area contributed by atoms with Gasteiger partial charge in [-0.1, -0.05) is 48.2 Å². The van der Waals surface area contributed by atoms with E-state index in [9.17, 15) is 14.9 Å². The maximum absolute atomic E-state index is 13.3. The Morgan fingerprint density at radius 2 is 1.80 bits per heavy atom. The topological polar surface area (TPSA) is 94.4 Å². The molecule has 2 unspecified atom stereocenters. The molecule has 0 radical (unpaired) electrons. The zero-order chi connectivity index (χ0) is 24.8. The normalized spacial score (nSPS) is 17.3. The lowest BCUT2D eigenvalue weighted by Gasteiger charge is -2.29. The summed E-state index contributed by atoms with van der Waals surface area (Å²) in [6, 6.07) is 21.1. The van der Waals surface area contributed by atoms with E-state index in [-0.39, 0.29) is 17.6 Å². The van der Waals surface area contributed by atoms with Crippen LogP contribution in [0.2, 0.25) is 0 Å². The molecule has 176 valence electrons. The predicted octanol–water partition coefficient (Wildman–Crippen LogP) is 5.98. The molecule has 3 aromatic rings. The summed E-state index contributed by atoms with van der Waals surface area (Å²) in [4.78, 5) is 30.6. The van der Waals surface area contributed by atoms with E-state index in [1.165, 1.54) is 23.1 Å². The van der Waals surface area contributed by atoms with E-state index < -0.39 is 11.8 Å². The molecule has 2 atom stereocenters. The van der Waals surface area contributed by atoms with Crippen molar-refractivity contribution in [3.05, 3.63) is 93.8 Å². The second-order valence-electron chi connectivity index (χ2n) is 8.06. The van der Waals surface area contributed by atoms with Gasteiger partial charge >= 0.3 is 0 Å². The molecule has 0 fully saturated rings. The molecular weight excluding hydrogens is 476 g/mol. The fourth-order valence-corrected chi connectivity index (χ4v) is 5.57. The van der Waals surface area contributed by atoms with Crippen molar-refractivity contribution in [3.8, 4) is 6.07 Å². The molecule has 0 spiro atoms. The summed E-state index contributed by atoms with van der Waals surface area (Å²) >= 11 is 2.75. The number of carbonyl (C=O) groups is 2. The van der Waals surface area contributed by atoms with Gasteiger partial charge in [0.1, 0.15) is 5.92 Å². The Hall–Kier alpha value is -3.67. The van der Waals surface area contributed by atoms with Crippen molar-refractivity contribution >= 4 is 51.3 Å². The predicted molar refractivity (Wildman–Crippen MR) is 144 cm³/mol. The molecule has 6 nitrogen and oxygen atoms in total. The molecule has 1 aromatic heterocycles. The largest absolute Gasteiger partial charge is 0.325 e. The van der Waals surface area contributed by atoms with Crippen LogP contribution in [0, 0.1) is 24.2 Å². The molecule has 0 aliphatic carbocycles. The van der Waals surface area contributed by atoms with Crippen LogP contribution in [0.3, 0.4) is 0 Å². The molecule has 2 heterocycles. The highest BCUT2D eigenvalue weighted by atomic mass is 32.2. The van der Waals surface area contributed by atoms with Gasteiger partial charge in [-0.15, -0.1) is 0 Å². The van der Waals surface area contributed by atoms with Crippen molar-refractivity contribution in [1.82, 2.24) is 0 Å². The summed E-state index contributed by atoms with van der Waals surface area (Å²) in [5, 5.41) is 20.4. The summed E-state index contributed by atoms with van der Waals surface area (Å²) < 4.78 is 0. The van der Waals surface area contributed by atoms with Crippen molar-refractivity contribution in [2.24, 2.45) is 10.9 Å². The van der Waals surface area contributed by atoms with Crippen LogP contribution in [0.4, 0.5) is 11.4 Å². The Morgan fingerprint density at radius 1 is 1.06 bits per heavy atom. The number of nitrogens with one attached hydrogen (secondary N) is 2. The van der Waals surface area contributed by atoms with E-state index in [2.05, 4.69) is 21.7 Å². The van der Waals surface area contributed by atoms with E-state index in [1.54, 1.807) is 6.92 Å². The Balaban J connectivity index is 1.59. The van der Waals surface area contributed by atoms with Crippen LogP contribution in [-0.4, -0.2) is 22.6 Å². The number of aryl methyl sites for hydroxylation is 1. The summed E-state index contributed by atoms with van der Waals surface area (Å²) in [6.45, 7) is 3.71. The molecule has 8 heteroatoms. The van der Waals surface area contributed by atoms with Crippen molar-refractivity contribution < 1.29 is 9.59 Å². The Bertz CT molecular complexity index is 1320. The fourth-order valence-electron chi connectivity index (χ4n) is 3.96. The van der Waals surface area contributed by atoms with Crippen molar-refractivity contribution in [2.75, 3.05) is 16.4 Å². The highest BCUT2D eigenvalue weighted by Crippen LogP contribution is 2.42. The van der Waals surface area contributed by atoms with Gasteiger partial charge < -0.3 is 10.6 Å². The zero-order valence-electron chi connectivity index (χ0n) is 19.3. The SMILES string of the molecule is CC1=C(C(=O)Nc2ccccc2)C(c2ccsc2)C(C#N)C(SCC(=O)Nc2ccccc2C)=N1. The quantitative estimate of drug-likeness (QED) is 0.436. The van der Waals surface area contributed by atoms with Gasteiger partial charge in [-0.25, -0.2) is 4.99 Å². The van der Waals surface area contributed by atoms with Crippen molar-refractivity contribution in [3.63, 3.8) is 0 Å². The molecule has 0 bridgehead atoms. The maximum Gasteiger partial charge on any atom is 0.254 e. The number of rotatable bonds is 6. The number of thiophene rings is 1.